The standard InChI is InChI=1S/C22H25N3O4S/c1-16-8-9-20(17(2)14-16)30(28,29)23-12-10-18(11-13-23)24-15-21(26)25(22(24)27)19-6-4-3-5-7-19/h3-9,14,18H,10-13,15H2,1-2H3. The molecule has 2 aromatic carbocycles. The number of carbonyl (C=O) groups excluding carboxylic acids is 2. The highest BCUT2D eigenvalue weighted by atomic mass is 32.2. The number of nitrogens with zero attached hydrogens (tertiary/aromatic N) is 3. The van der Waals surface area contributed by atoms with Crippen molar-refractivity contribution < 1.29 is 18.0 Å². The van der Waals surface area contributed by atoms with Gasteiger partial charge >= 0.3 is 6.03 Å². The van der Waals surface area contributed by atoms with Gasteiger partial charge in [-0.3, -0.25) is 4.79 Å². The van der Waals surface area contributed by atoms with Crippen LogP contribution in [0, 0.1) is 13.8 Å². The van der Waals surface area contributed by atoms with E-state index in [9.17, 15) is 18.0 Å². The molecule has 2 fully saturated rings. The number of para-hydroxylation sites is 1. The molecule has 0 spiro atoms. The van der Waals surface area contributed by atoms with Crippen LogP contribution in [0.5, 0.6) is 0 Å². The molecule has 0 bridgehead atoms. The average molecular weight is 428 g/mol. The molecule has 0 unspecified atom stereocenters. The second kappa shape index (κ2) is 7.85. The summed E-state index contributed by atoms with van der Waals surface area (Å²) in [6.07, 6.45) is 1.01. The van der Waals surface area contributed by atoms with Gasteiger partial charge in [-0.05, 0) is 50.5 Å². The maximum atomic E-state index is 13.1. The summed E-state index contributed by atoms with van der Waals surface area (Å²) in [6, 6.07) is 13.7. The van der Waals surface area contributed by atoms with Crippen LogP contribution in [0.25, 0.3) is 0 Å². The largest absolute Gasteiger partial charge is 0.332 e. The number of hydrogen-bond donors (Lipinski definition) is 0. The van der Waals surface area contributed by atoms with Crippen molar-refractivity contribution in [2.45, 2.75) is 37.6 Å². The maximum Gasteiger partial charge on any atom is 0.332 e. The van der Waals surface area contributed by atoms with Gasteiger partial charge in [0.05, 0.1) is 10.6 Å². The molecule has 7 nitrogen and oxygen atoms in total. The molecule has 30 heavy (non-hydrogen) atoms. The first-order chi connectivity index (χ1) is 14.3. The fraction of sp³-hybridized carbons (Fsp3) is 0.364. The van der Waals surface area contributed by atoms with Gasteiger partial charge in [0.2, 0.25) is 10.0 Å². The molecule has 0 saturated carbocycles. The summed E-state index contributed by atoms with van der Waals surface area (Å²) >= 11 is 0. The number of urea groups is 1. The van der Waals surface area contributed by atoms with Crippen LogP contribution in [-0.4, -0.2) is 55.2 Å². The summed E-state index contributed by atoms with van der Waals surface area (Å²) < 4.78 is 27.7. The van der Waals surface area contributed by atoms with Crippen LogP contribution in [0.2, 0.25) is 0 Å². The van der Waals surface area contributed by atoms with Gasteiger partial charge in [0.15, 0.2) is 0 Å². The van der Waals surface area contributed by atoms with Crippen LogP contribution >= 0.6 is 0 Å². The van der Waals surface area contributed by atoms with E-state index in [1.165, 1.54) is 9.21 Å². The third-order valence-corrected chi connectivity index (χ3v) is 7.88. The van der Waals surface area contributed by atoms with Crippen LogP contribution in [0.1, 0.15) is 24.0 Å². The van der Waals surface area contributed by atoms with Gasteiger partial charge in [-0.25, -0.2) is 18.1 Å². The third kappa shape index (κ3) is 3.61. The molecule has 2 heterocycles. The lowest BCUT2D eigenvalue weighted by molar-refractivity contribution is -0.116. The molecule has 4 rings (SSSR count). The van der Waals surface area contributed by atoms with Crippen molar-refractivity contribution in [1.29, 1.82) is 0 Å². The van der Waals surface area contributed by atoms with Crippen LogP contribution in [-0.2, 0) is 14.8 Å². The van der Waals surface area contributed by atoms with E-state index in [0.717, 1.165) is 11.1 Å². The van der Waals surface area contributed by atoms with Crippen LogP contribution in [0.4, 0.5) is 10.5 Å². The molecule has 0 N–H and O–H groups in total. The van der Waals surface area contributed by atoms with Crippen LogP contribution < -0.4 is 4.90 Å². The number of benzene rings is 2. The van der Waals surface area contributed by atoms with E-state index in [4.69, 9.17) is 0 Å². The summed E-state index contributed by atoms with van der Waals surface area (Å²) in [7, 11) is -3.58. The Bertz CT molecular complexity index is 1080. The smallest absolute Gasteiger partial charge is 0.312 e. The third-order valence-electron chi connectivity index (χ3n) is 5.82. The van der Waals surface area contributed by atoms with E-state index in [0.29, 0.717) is 36.5 Å². The van der Waals surface area contributed by atoms with Crippen molar-refractivity contribution >= 4 is 27.6 Å². The zero-order valence-electron chi connectivity index (χ0n) is 17.1. The van der Waals surface area contributed by atoms with Crippen LogP contribution in [0.3, 0.4) is 0 Å². The molecule has 3 amide bonds. The maximum absolute atomic E-state index is 13.1. The number of hydrogen-bond acceptors (Lipinski definition) is 4. The van der Waals surface area contributed by atoms with Gasteiger partial charge in [0.25, 0.3) is 5.91 Å². The highest BCUT2D eigenvalue weighted by Gasteiger charge is 2.42. The van der Waals surface area contributed by atoms with Crippen molar-refractivity contribution in [2.75, 3.05) is 24.5 Å². The molecule has 2 aliphatic heterocycles. The number of aryl methyl sites for hydroxylation is 2. The van der Waals surface area contributed by atoms with E-state index in [1.54, 1.807) is 48.2 Å². The summed E-state index contributed by atoms with van der Waals surface area (Å²) in [5.74, 6) is -0.253. The van der Waals surface area contributed by atoms with Crippen molar-refractivity contribution in [3.8, 4) is 0 Å². The minimum Gasteiger partial charge on any atom is -0.312 e. The Morgan fingerprint density at radius 3 is 2.23 bits per heavy atom. The minimum absolute atomic E-state index is 0.0300. The SMILES string of the molecule is Cc1ccc(S(=O)(=O)N2CCC(N3CC(=O)N(c4ccccc4)C3=O)CC2)c(C)c1. The molecular weight excluding hydrogens is 402 g/mol. The average Bonchev–Trinajstić information content (AvgIpc) is 3.02. The first-order valence-corrected chi connectivity index (χ1v) is 11.5. The lowest BCUT2D eigenvalue weighted by Gasteiger charge is -2.35. The zero-order chi connectivity index (χ0) is 21.5. The number of imide groups is 1. The predicted molar refractivity (Wildman–Crippen MR) is 114 cm³/mol. The molecule has 0 aromatic heterocycles. The lowest BCUT2D eigenvalue weighted by Crippen LogP contribution is -2.48. The second-order valence-corrected chi connectivity index (χ2v) is 9.79. The summed E-state index contributed by atoms with van der Waals surface area (Å²) in [4.78, 5) is 28.5. The van der Waals surface area contributed by atoms with Crippen molar-refractivity contribution in [3.63, 3.8) is 0 Å². The van der Waals surface area contributed by atoms with Crippen LogP contribution in [0.15, 0.2) is 53.4 Å². The van der Waals surface area contributed by atoms with Gasteiger partial charge in [-0.1, -0.05) is 35.9 Å². The fourth-order valence-corrected chi connectivity index (χ4v) is 5.93. The van der Waals surface area contributed by atoms with Gasteiger partial charge in [-0.15, -0.1) is 0 Å². The minimum atomic E-state index is -3.58. The first-order valence-electron chi connectivity index (χ1n) is 10.0. The van der Waals surface area contributed by atoms with Gasteiger partial charge in [0, 0.05) is 19.1 Å². The summed E-state index contributed by atoms with van der Waals surface area (Å²) in [6.45, 7) is 4.41. The van der Waals surface area contributed by atoms with E-state index in [2.05, 4.69) is 0 Å². The Kier molecular flexibility index (Phi) is 5.38. The number of amides is 3. The Morgan fingerprint density at radius 2 is 1.60 bits per heavy atom. The van der Waals surface area contributed by atoms with Crippen molar-refractivity contribution in [1.82, 2.24) is 9.21 Å². The van der Waals surface area contributed by atoms with Gasteiger partial charge in [0.1, 0.15) is 6.54 Å². The summed E-state index contributed by atoms with van der Waals surface area (Å²) in [5, 5.41) is 0. The van der Waals surface area contributed by atoms with E-state index in [1.807, 2.05) is 19.1 Å². The molecule has 2 aliphatic rings. The molecule has 0 atom stereocenters. The number of carbonyl (C=O) groups is 2. The predicted octanol–water partition coefficient (Wildman–Crippen LogP) is 2.93. The number of piperidine rings is 1. The fourth-order valence-electron chi connectivity index (χ4n) is 4.26. The van der Waals surface area contributed by atoms with Crippen molar-refractivity contribution in [2.24, 2.45) is 0 Å². The highest BCUT2D eigenvalue weighted by molar-refractivity contribution is 7.89. The van der Waals surface area contributed by atoms with Gasteiger partial charge in [-0.2, -0.15) is 4.31 Å². The molecule has 8 heteroatoms. The second-order valence-electron chi connectivity index (χ2n) is 7.88. The van der Waals surface area contributed by atoms with E-state index < -0.39 is 10.0 Å². The van der Waals surface area contributed by atoms with Crippen molar-refractivity contribution in [3.05, 3.63) is 59.7 Å². The lowest BCUT2D eigenvalue weighted by atomic mass is 10.1. The molecule has 0 radical (unpaired) electrons. The summed E-state index contributed by atoms with van der Waals surface area (Å²) in [5.41, 5.74) is 2.31. The van der Waals surface area contributed by atoms with E-state index in [-0.39, 0.29) is 24.5 Å². The molecular formula is C22H25N3O4S. The topological polar surface area (TPSA) is 78.0 Å². The molecule has 158 valence electrons. The number of anilines is 1. The zero-order valence-corrected chi connectivity index (χ0v) is 17.9. The highest BCUT2D eigenvalue weighted by Crippen LogP contribution is 2.29. The molecule has 2 aromatic rings. The van der Waals surface area contributed by atoms with E-state index >= 15 is 0 Å². The quantitative estimate of drug-likeness (QED) is 0.703. The van der Waals surface area contributed by atoms with Gasteiger partial charge < -0.3 is 4.90 Å². The first kappa shape index (κ1) is 20.6. The Hall–Kier alpha value is -2.71. The molecule has 0 aliphatic carbocycles. The Labute approximate surface area is 176 Å². The number of rotatable bonds is 4. The Balaban J connectivity index is 1.46. The normalized spacial score (nSPS) is 19.0. The molecule has 2 saturated heterocycles. The Morgan fingerprint density at radius 1 is 0.933 bits per heavy atom. The monoisotopic (exact) mass is 427 g/mol. The number of sulfonamides is 1.